The van der Waals surface area contributed by atoms with Crippen LogP contribution in [-0.4, -0.2) is 18.1 Å². The van der Waals surface area contributed by atoms with Gasteiger partial charge in [0.05, 0.1) is 0 Å². The van der Waals surface area contributed by atoms with E-state index in [4.69, 9.17) is 5.73 Å². The molecule has 1 aromatic heterocycles. The Labute approximate surface area is 121 Å². The average Bonchev–Trinajstić information content (AvgIpc) is 2.39. The monoisotopic (exact) mass is 269 g/mol. The molecule has 0 saturated carbocycles. The highest BCUT2D eigenvalue weighted by atomic mass is 15.1. The third-order valence-electron chi connectivity index (χ3n) is 3.37. The van der Waals surface area contributed by atoms with Crippen LogP contribution < -0.4 is 10.6 Å². The summed E-state index contributed by atoms with van der Waals surface area (Å²) >= 11 is 0. The zero-order chi connectivity index (χ0) is 14.5. The number of benzene rings is 1. The molecule has 106 valence electrons. The first kappa shape index (κ1) is 14.5. The predicted octanol–water partition coefficient (Wildman–Crippen LogP) is 2.92. The van der Waals surface area contributed by atoms with Crippen molar-refractivity contribution in [3.05, 3.63) is 59.4 Å². The molecule has 3 nitrogen and oxygen atoms in total. The van der Waals surface area contributed by atoms with Crippen LogP contribution in [0.3, 0.4) is 0 Å². The van der Waals surface area contributed by atoms with Crippen molar-refractivity contribution in [2.24, 2.45) is 5.73 Å². The molecule has 0 amide bonds. The van der Waals surface area contributed by atoms with Gasteiger partial charge < -0.3 is 10.6 Å². The van der Waals surface area contributed by atoms with Gasteiger partial charge in [0.15, 0.2) is 0 Å². The second kappa shape index (κ2) is 6.53. The molecule has 1 unspecified atom stereocenters. The molecular weight excluding hydrogens is 246 g/mol. The second-order valence-electron chi connectivity index (χ2n) is 5.52. The number of pyridine rings is 1. The molecule has 1 heterocycles. The third-order valence-corrected chi connectivity index (χ3v) is 3.37. The minimum atomic E-state index is 0.202. The van der Waals surface area contributed by atoms with Crippen LogP contribution in [0.2, 0.25) is 0 Å². The van der Waals surface area contributed by atoms with Crippen molar-refractivity contribution in [2.45, 2.75) is 32.9 Å². The number of aryl methyl sites for hydroxylation is 1. The van der Waals surface area contributed by atoms with Gasteiger partial charge >= 0.3 is 0 Å². The quantitative estimate of drug-likeness (QED) is 0.907. The number of nitrogens with zero attached hydrogens (tertiary/aromatic N) is 2. The fourth-order valence-corrected chi connectivity index (χ4v) is 2.50. The van der Waals surface area contributed by atoms with Gasteiger partial charge in [-0.3, -0.25) is 4.98 Å². The SMILES string of the molecule is Cc1cc(CC(C)N)ccc1N(C)Cc1cccnc1. The summed E-state index contributed by atoms with van der Waals surface area (Å²) in [6.45, 7) is 5.05. The van der Waals surface area contributed by atoms with E-state index in [-0.39, 0.29) is 6.04 Å². The molecule has 0 bridgehead atoms. The molecule has 1 aromatic carbocycles. The topological polar surface area (TPSA) is 42.1 Å². The maximum atomic E-state index is 5.86. The summed E-state index contributed by atoms with van der Waals surface area (Å²) < 4.78 is 0. The van der Waals surface area contributed by atoms with Gasteiger partial charge in [-0.25, -0.2) is 0 Å². The summed E-state index contributed by atoms with van der Waals surface area (Å²) in [5.41, 5.74) is 10.9. The fraction of sp³-hybridized carbons (Fsp3) is 0.353. The molecule has 0 saturated heterocycles. The van der Waals surface area contributed by atoms with Crippen LogP contribution in [0.25, 0.3) is 0 Å². The van der Waals surface area contributed by atoms with E-state index in [2.05, 4.69) is 48.1 Å². The van der Waals surface area contributed by atoms with E-state index in [9.17, 15) is 0 Å². The number of aromatic nitrogens is 1. The van der Waals surface area contributed by atoms with Gasteiger partial charge in [-0.2, -0.15) is 0 Å². The van der Waals surface area contributed by atoms with Crippen LogP contribution in [0.4, 0.5) is 5.69 Å². The first-order valence-corrected chi connectivity index (χ1v) is 7.01. The van der Waals surface area contributed by atoms with E-state index in [1.54, 1.807) is 6.20 Å². The number of nitrogens with two attached hydrogens (primary N) is 1. The molecule has 2 aromatic rings. The lowest BCUT2D eigenvalue weighted by Crippen LogP contribution is -2.19. The number of hydrogen-bond donors (Lipinski definition) is 1. The predicted molar refractivity (Wildman–Crippen MR) is 84.9 cm³/mol. The van der Waals surface area contributed by atoms with Gasteiger partial charge in [0.2, 0.25) is 0 Å². The van der Waals surface area contributed by atoms with Crippen molar-refractivity contribution in [1.82, 2.24) is 4.98 Å². The Morgan fingerprint density at radius 3 is 2.65 bits per heavy atom. The normalized spacial score (nSPS) is 12.2. The van der Waals surface area contributed by atoms with Crippen molar-refractivity contribution in [3.8, 4) is 0 Å². The highest BCUT2D eigenvalue weighted by molar-refractivity contribution is 5.54. The van der Waals surface area contributed by atoms with E-state index in [0.717, 1.165) is 13.0 Å². The van der Waals surface area contributed by atoms with Gasteiger partial charge in [0.1, 0.15) is 0 Å². The van der Waals surface area contributed by atoms with Crippen LogP contribution >= 0.6 is 0 Å². The fourth-order valence-electron chi connectivity index (χ4n) is 2.50. The Kier molecular flexibility index (Phi) is 4.74. The summed E-state index contributed by atoms with van der Waals surface area (Å²) in [6.07, 6.45) is 4.64. The first-order chi connectivity index (χ1) is 9.56. The van der Waals surface area contributed by atoms with Crippen LogP contribution in [0.15, 0.2) is 42.7 Å². The van der Waals surface area contributed by atoms with E-state index >= 15 is 0 Å². The zero-order valence-electron chi connectivity index (χ0n) is 12.5. The Bertz CT molecular complexity index is 549. The van der Waals surface area contributed by atoms with Crippen LogP contribution in [0, 0.1) is 6.92 Å². The van der Waals surface area contributed by atoms with E-state index < -0.39 is 0 Å². The van der Waals surface area contributed by atoms with Gasteiger partial charge in [0.25, 0.3) is 0 Å². The lowest BCUT2D eigenvalue weighted by molar-refractivity contribution is 0.737. The molecule has 0 aliphatic rings. The zero-order valence-corrected chi connectivity index (χ0v) is 12.5. The molecule has 1 atom stereocenters. The lowest BCUT2D eigenvalue weighted by Gasteiger charge is -2.22. The highest BCUT2D eigenvalue weighted by Gasteiger charge is 2.07. The van der Waals surface area contributed by atoms with E-state index in [0.29, 0.717) is 0 Å². The summed E-state index contributed by atoms with van der Waals surface area (Å²) in [6, 6.07) is 10.9. The van der Waals surface area contributed by atoms with Crippen LogP contribution in [0.5, 0.6) is 0 Å². The Morgan fingerprint density at radius 2 is 2.05 bits per heavy atom. The van der Waals surface area contributed by atoms with Gasteiger partial charge in [0, 0.05) is 37.7 Å². The summed E-state index contributed by atoms with van der Waals surface area (Å²) in [5, 5.41) is 0. The molecular formula is C17H23N3. The Balaban J connectivity index is 2.12. The summed E-state index contributed by atoms with van der Waals surface area (Å²) in [5.74, 6) is 0. The molecule has 0 aliphatic carbocycles. The van der Waals surface area contributed by atoms with Crippen molar-refractivity contribution in [1.29, 1.82) is 0 Å². The largest absolute Gasteiger partial charge is 0.370 e. The number of rotatable bonds is 5. The maximum Gasteiger partial charge on any atom is 0.0441 e. The van der Waals surface area contributed by atoms with E-state index in [1.165, 1.54) is 22.4 Å². The molecule has 0 aliphatic heterocycles. The van der Waals surface area contributed by atoms with Crippen molar-refractivity contribution in [3.63, 3.8) is 0 Å². The molecule has 2 N–H and O–H groups in total. The number of hydrogen-bond acceptors (Lipinski definition) is 3. The molecule has 0 spiro atoms. The standard InChI is InChI=1S/C17H23N3/c1-13-9-15(10-14(2)18)6-7-17(13)20(3)12-16-5-4-8-19-11-16/h4-9,11,14H,10,12,18H2,1-3H3. The molecule has 0 fully saturated rings. The summed E-state index contributed by atoms with van der Waals surface area (Å²) in [7, 11) is 2.11. The highest BCUT2D eigenvalue weighted by Crippen LogP contribution is 2.22. The molecule has 0 radical (unpaired) electrons. The molecule has 3 heteroatoms. The van der Waals surface area contributed by atoms with Gasteiger partial charge in [-0.05, 0) is 49.1 Å². The van der Waals surface area contributed by atoms with E-state index in [1.807, 2.05) is 19.2 Å². The third kappa shape index (κ3) is 3.81. The Morgan fingerprint density at radius 1 is 1.25 bits per heavy atom. The minimum absolute atomic E-state index is 0.202. The Hall–Kier alpha value is -1.87. The van der Waals surface area contributed by atoms with Gasteiger partial charge in [-0.15, -0.1) is 0 Å². The lowest BCUT2D eigenvalue weighted by atomic mass is 10.0. The number of anilines is 1. The van der Waals surface area contributed by atoms with Crippen molar-refractivity contribution in [2.75, 3.05) is 11.9 Å². The maximum absolute atomic E-state index is 5.86. The van der Waals surface area contributed by atoms with Crippen molar-refractivity contribution < 1.29 is 0 Å². The minimum Gasteiger partial charge on any atom is -0.370 e. The summed E-state index contributed by atoms with van der Waals surface area (Å²) in [4.78, 5) is 6.41. The second-order valence-corrected chi connectivity index (χ2v) is 5.52. The molecule has 2 rings (SSSR count). The average molecular weight is 269 g/mol. The smallest absolute Gasteiger partial charge is 0.0441 e. The molecule has 20 heavy (non-hydrogen) atoms. The van der Waals surface area contributed by atoms with Gasteiger partial charge in [-0.1, -0.05) is 18.2 Å². The van der Waals surface area contributed by atoms with Crippen molar-refractivity contribution >= 4 is 5.69 Å². The van der Waals surface area contributed by atoms with Crippen LogP contribution in [0.1, 0.15) is 23.6 Å². The first-order valence-electron chi connectivity index (χ1n) is 7.01. The van der Waals surface area contributed by atoms with Crippen LogP contribution in [-0.2, 0) is 13.0 Å².